The van der Waals surface area contributed by atoms with E-state index in [0.29, 0.717) is 6.04 Å². The lowest BCUT2D eigenvalue weighted by Crippen LogP contribution is -2.29. The highest BCUT2D eigenvalue weighted by molar-refractivity contribution is 7.98. The predicted molar refractivity (Wildman–Crippen MR) is 92.7 cm³/mol. The Labute approximate surface area is 131 Å². The SMILES string of the molecule is CCCNc1cc(N(C)C(C)CCSC)cc([N+](=O)[O-])c1. The molecule has 1 unspecified atom stereocenters. The van der Waals surface area contributed by atoms with Crippen LogP contribution >= 0.6 is 11.8 Å². The van der Waals surface area contributed by atoms with Crippen molar-refractivity contribution in [2.75, 3.05) is 35.8 Å². The van der Waals surface area contributed by atoms with E-state index in [4.69, 9.17) is 0 Å². The van der Waals surface area contributed by atoms with Crippen LogP contribution in [0, 0.1) is 10.1 Å². The van der Waals surface area contributed by atoms with E-state index in [2.05, 4.69) is 30.3 Å². The standard InChI is InChI=1S/C15H25N3O2S/c1-5-7-16-13-9-14(11-15(10-13)18(19)20)17(3)12(2)6-8-21-4/h9-12,16H,5-8H2,1-4H3. The molecule has 21 heavy (non-hydrogen) atoms. The van der Waals surface area contributed by atoms with Crippen molar-refractivity contribution in [2.24, 2.45) is 0 Å². The van der Waals surface area contributed by atoms with Gasteiger partial charge in [0.1, 0.15) is 0 Å². The van der Waals surface area contributed by atoms with Crippen LogP contribution in [0.25, 0.3) is 0 Å². The van der Waals surface area contributed by atoms with Crippen LogP contribution in [0.2, 0.25) is 0 Å². The Kier molecular flexibility index (Phi) is 7.36. The molecule has 1 aromatic rings. The van der Waals surface area contributed by atoms with Gasteiger partial charge in [0, 0.05) is 43.1 Å². The van der Waals surface area contributed by atoms with Crippen molar-refractivity contribution < 1.29 is 4.92 Å². The third-order valence-electron chi connectivity index (χ3n) is 3.50. The van der Waals surface area contributed by atoms with Crippen LogP contribution in [-0.2, 0) is 0 Å². The topological polar surface area (TPSA) is 58.4 Å². The van der Waals surface area contributed by atoms with Crippen LogP contribution in [0.3, 0.4) is 0 Å². The van der Waals surface area contributed by atoms with E-state index < -0.39 is 0 Å². The van der Waals surface area contributed by atoms with Gasteiger partial charge in [-0.1, -0.05) is 6.92 Å². The highest BCUT2D eigenvalue weighted by Crippen LogP contribution is 2.28. The lowest BCUT2D eigenvalue weighted by molar-refractivity contribution is -0.384. The van der Waals surface area contributed by atoms with Gasteiger partial charge in [-0.15, -0.1) is 0 Å². The molecule has 118 valence electrons. The fourth-order valence-electron chi connectivity index (χ4n) is 2.01. The Morgan fingerprint density at radius 2 is 2.14 bits per heavy atom. The highest BCUT2D eigenvalue weighted by atomic mass is 32.2. The Bertz CT molecular complexity index is 468. The van der Waals surface area contributed by atoms with Crippen LogP contribution in [0.1, 0.15) is 26.7 Å². The van der Waals surface area contributed by atoms with Crippen LogP contribution in [0.4, 0.5) is 17.1 Å². The molecule has 6 heteroatoms. The number of nitro groups is 1. The molecule has 0 aliphatic heterocycles. The number of hydrogen-bond donors (Lipinski definition) is 1. The molecule has 1 aromatic carbocycles. The van der Waals surface area contributed by atoms with E-state index in [9.17, 15) is 10.1 Å². The summed E-state index contributed by atoms with van der Waals surface area (Å²) in [6.07, 6.45) is 4.13. The molecule has 5 nitrogen and oxygen atoms in total. The van der Waals surface area contributed by atoms with Crippen molar-refractivity contribution in [3.63, 3.8) is 0 Å². The summed E-state index contributed by atoms with van der Waals surface area (Å²) in [4.78, 5) is 12.9. The zero-order valence-electron chi connectivity index (χ0n) is 13.3. The van der Waals surface area contributed by atoms with Crippen molar-refractivity contribution in [1.82, 2.24) is 0 Å². The zero-order chi connectivity index (χ0) is 15.8. The Balaban J connectivity index is 2.97. The maximum atomic E-state index is 11.1. The number of rotatable bonds is 9. The summed E-state index contributed by atoms with van der Waals surface area (Å²) in [5, 5.41) is 14.3. The summed E-state index contributed by atoms with van der Waals surface area (Å²) in [5.74, 6) is 1.08. The number of benzene rings is 1. The second-order valence-corrected chi connectivity index (χ2v) is 6.15. The molecule has 0 aliphatic rings. The van der Waals surface area contributed by atoms with Crippen LogP contribution in [0.5, 0.6) is 0 Å². The minimum Gasteiger partial charge on any atom is -0.385 e. The largest absolute Gasteiger partial charge is 0.385 e. The molecule has 1 N–H and O–H groups in total. The first kappa shape index (κ1) is 17.6. The van der Waals surface area contributed by atoms with Gasteiger partial charge in [0.05, 0.1) is 4.92 Å². The number of nitrogens with one attached hydrogen (secondary N) is 1. The minimum absolute atomic E-state index is 0.134. The number of non-ortho nitro benzene ring substituents is 1. The van der Waals surface area contributed by atoms with E-state index in [0.717, 1.165) is 36.5 Å². The van der Waals surface area contributed by atoms with E-state index in [1.807, 2.05) is 24.9 Å². The maximum absolute atomic E-state index is 11.1. The van der Waals surface area contributed by atoms with Gasteiger partial charge < -0.3 is 10.2 Å². The van der Waals surface area contributed by atoms with Gasteiger partial charge in [0.15, 0.2) is 0 Å². The molecule has 0 aliphatic carbocycles. The Morgan fingerprint density at radius 3 is 2.71 bits per heavy atom. The van der Waals surface area contributed by atoms with Crippen molar-refractivity contribution in [3.05, 3.63) is 28.3 Å². The van der Waals surface area contributed by atoms with Gasteiger partial charge in [-0.25, -0.2) is 0 Å². The number of nitro benzene ring substituents is 1. The Hall–Kier alpha value is -1.43. The van der Waals surface area contributed by atoms with Crippen LogP contribution < -0.4 is 10.2 Å². The number of nitrogens with zero attached hydrogens (tertiary/aromatic N) is 2. The molecular weight excluding hydrogens is 286 g/mol. The minimum atomic E-state index is -0.332. The van der Waals surface area contributed by atoms with Gasteiger partial charge >= 0.3 is 0 Å². The van der Waals surface area contributed by atoms with Gasteiger partial charge in [-0.2, -0.15) is 11.8 Å². The van der Waals surface area contributed by atoms with Crippen molar-refractivity contribution in [1.29, 1.82) is 0 Å². The monoisotopic (exact) mass is 311 g/mol. The summed E-state index contributed by atoms with van der Waals surface area (Å²) < 4.78 is 0. The molecule has 0 aromatic heterocycles. The molecule has 0 saturated heterocycles. The highest BCUT2D eigenvalue weighted by Gasteiger charge is 2.15. The summed E-state index contributed by atoms with van der Waals surface area (Å²) in [6.45, 7) is 5.03. The summed E-state index contributed by atoms with van der Waals surface area (Å²) in [7, 11) is 1.99. The van der Waals surface area contributed by atoms with Gasteiger partial charge in [0.25, 0.3) is 5.69 Å². The molecule has 1 rings (SSSR count). The summed E-state index contributed by atoms with van der Waals surface area (Å²) in [6, 6.07) is 5.57. The fourth-order valence-corrected chi connectivity index (χ4v) is 2.59. The van der Waals surface area contributed by atoms with E-state index in [1.54, 1.807) is 12.1 Å². The van der Waals surface area contributed by atoms with Crippen molar-refractivity contribution >= 4 is 28.8 Å². The lowest BCUT2D eigenvalue weighted by atomic mass is 10.1. The zero-order valence-corrected chi connectivity index (χ0v) is 14.1. The van der Waals surface area contributed by atoms with Gasteiger partial charge in [-0.3, -0.25) is 10.1 Å². The Morgan fingerprint density at radius 1 is 1.43 bits per heavy atom. The first-order valence-corrected chi connectivity index (χ1v) is 8.64. The molecule has 0 heterocycles. The van der Waals surface area contributed by atoms with Gasteiger partial charge in [0.2, 0.25) is 0 Å². The molecule has 1 atom stereocenters. The average molecular weight is 311 g/mol. The van der Waals surface area contributed by atoms with E-state index in [-0.39, 0.29) is 10.6 Å². The lowest BCUT2D eigenvalue weighted by Gasteiger charge is -2.27. The predicted octanol–water partition coefficient (Wildman–Crippen LogP) is 3.99. The molecular formula is C15H25N3O2S. The second-order valence-electron chi connectivity index (χ2n) is 5.16. The average Bonchev–Trinajstić information content (AvgIpc) is 2.49. The quantitative estimate of drug-likeness (QED) is 0.552. The van der Waals surface area contributed by atoms with Crippen molar-refractivity contribution in [2.45, 2.75) is 32.7 Å². The third kappa shape index (κ3) is 5.46. The molecule has 0 fully saturated rings. The van der Waals surface area contributed by atoms with E-state index in [1.165, 1.54) is 0 Å². The van der Waals surface area contributed by atoms with Crippen LogP contribution in [-0.4, -0.2) is 36.6 Å². The molecule has 0 radical (unpaired) electrons. The molecule has 0 saturated carbocycles. The summed E-state index contributed by atoms with van der Waals surface area (Å²) >= 11 is 1.82. The molecule has 0 bridgehead atoms. The number of thioether (sulfide) groups is 1. The first-order valence-electron chi connectivity index (χ1n) is 7.24. The second kappa shape index (κ2) is 8.77. The normalized spacial score (nSPS) is 12.0. The maximum Gasteiger partial charge on any atom is 0.273 e. The number of hydrogen-bond acceptors (Lipinski definition) is 5. The fraction of sp³-hybridized carbons (Fsp3) is 0.600. The first-order chi connectivity index (χ1) is 9.99. The number of anilines is 2. The summed E-state index contributed by atoms with van der Waals surface area (Å²) in [5.41, 5.74) is 1.83. The van der Waals surface area contributed by atoms with E-state index >= 15 is 0 Å². The molecule has 0 spiro atoms. The van der Waals surface area contributed by atoms with Crippen molar-refractivity contribution in [3.8, 4) is 0 Å². The molecule has 0 amide bonds. The van der Waals surface area contributed by atoms with Crippen LogP contribution in [0.15, 0.2) is 18.2 Å². The third-order valence-corrected chi connectivity index (χ3v) is 4.14. The smallest absolute Gasteiger partial charge is 0.273 e. The van der Waals surface area contributed by atoms with Gasteiger partial charge in [-0.05, 0) is 37.8 Å².